The summed E-state index contributed by atoms with van der Waals surface area (Å²) < 4.78 is 14.5. The summed E-state index contributed by atoms with van der Waals surface area (Å²) >= 11 is 0. The zero-order chi connectivity index (χ0) is 19.7. The van der Waals surface area contributed by atoms with Crippen LogP contribution in [-0.4, -0.2) is 15.7 Å². The minimum absolute atomic E-state index is 0.0481. The Kier molecular flexibility index (Phi) is 4.86. The van der Waals surface area contributed by atoms with E-state index in [1.807, 2.05) is 19.1 Å². The van der Waals surface area contributed by atoms with Crippen molar-refractivity contribution in [3.05, 3.63) is 87.1 Å². The normalized spacial score (nSPS) is 15.4. The Hall–Kier alpha value is -3.15. The SMILES string of the molecule is Cc1[nH]n(-c2ccc(F)cc2)c(=O)c1CCC(=O)N[C@H]1CCc2ccccc21. The number of aryl methyl sites for hydroxylation is 2. The van der Waals surface area contributed by atoms with Crippen molar-refractivity contribution in [1.82, 2.24) is 15.1 Å². The molecule has 1 amide bonds. The number of amides is 1. The number of hydrogen-bond donors (Lipinski definition) is 2. The van der Waals surface area contributed by atoms with E-state index in [2.05, 4.69) is 22.5 Å². The van der Waals surface area contributed by atoms with Gasteiger partial charge in [0.2, 0.25) is 5.91 Å². The van der Waals surface area contributed by atoms with Gasteiger partial charge in [-0.15, -0.1) is 0 Å². The summed E-state index contributed by atoms with van der Waals surface area (Å²) in [7, 11) is 0. The van der Waals surface area contributed by atoms with Crippen molar-refractivity contribution in [2.24, 2.45) is 0 Å². The van der Waals surface area contributed by atoms with Crippen molar-refractivity contribution in [1.29, 1.82) is 0 Å². The van der Waals surface area contributed by atoms with Gasteiger partial charge in [-0.05, 0) is 61.6 Å². The predicted octanol–water partition coefficient (Wildman–Crippen LogP) is 3.35. The molecule has 3 aromatic rings. The average Bonchev–Trinajstić information content (AvgIpc) is 3.22. The quantitative estimate of drug-likeness (QED) is 0.714. The highest BCUT2D eigenvalue weighted by atomic mass is 19.1. The highest BCUT2D eigenvalue weighted by Crippen LogP contribution is 2.30. The van der Waals surface area contributed by atoms with E-state index in [1.54, 1.807) is 12.1 Å². The minimum atomic E-state index is -0.356. The molecule has 144 valence electrons. The van der Waals surface area contributed by atoms with E-state index in [0.29, 0.717) is 23.4 Å². The van der Waals surface area contributed by atoms with Crippen LogP contribution in [0.15, 0.2) is 53.3 Å². The molecule has 5 nitrogen and oxygen atoms in total. The van der Waals surface area contributed by atoms with E-state index in [9.17, 15) is 14.0 Å². The molecule has 2 N–H and O–H groups in total. The first-order valence-electron chi connectivity index (χ1n) is 9.46. The third-order valence-corrected chi connectivity index (χ3v) is 5.35. The first-order chi connectivity index (χ1) is 13.5. The number of nitrogens with zero attached hydrogens (tertiary/aromatic N) is 1. The molecule has 0 spiro atoms. The van der Waals surface area contributed by atoms with Crippen LogP contribution in [0.25, 0.3) is 5.69 Å². The van der Waals surface area contributed by atoms with Crippen LogP contribution in [0.5, 0.6) is 0 Å². The standard InChI is InChI=1S/C22H22FN3O2/c1-14-18(22(28)26(25-14)17-9-7-16(23)8-10-17)11-13-21(27)24-20-12-6-15-4-2-3-5-19(15)20/h2-5,7-10,20,25H,6,11-13H2,1H3,(H,24,27)/t20-/m0/s1. The van der Waals surface area contributed by atoms with Crippen LogP contribution in [0.2, 0.25) is 0 Å². The Labute approximate surface area is 162 Å². The van der Waals surface area contributed by atoms with Gasteiger partial charge in [0, 0.05) is 17.7 Å². The molecular formula is C22H22FN3O2. The number of nitrogens with one attached hydrogen (secondary N) is 2. The monoisotopic (exact) mass is 379 g/mol. The fraction of sp³-hybridized carbons (Fsp3) is 0.273. The highest BCUT2D eigenvalue weighted by Gasteiger charge is 2.23. The van der Waals surface area contributed by atoms with Gasteiger partial charge in [0.05, 0.1) is 11.7 Å². The molecule has 1 aliphatic rings. The fourth-order valence-electron chi connectivity index (χ4n) is 3.86. The van der Waals surface area contributed by atoms with Crippen LogP contribution in [0.4, 0.5) is 4.39 Å². The third kappa shape index (κ3) is 3.50. The van der Waals surface area contributed by atoms with Crippen molar-refractivity contribution >= 4 is 5.91 Å². The van der Waals surface area contributed by atoms with Crippen LogP contribution in [0.3, 0.4) is 0 Å². The summed E-state index contributed by atoms with van der Waals surface area (Å²) in [6.45, 7) is 1.81. The molecule has 0 bridgehead atoms. The number of halogens is 1. The number of H-pyrrole nitrogens is 1. The lowest BCUT2D eigenvalue weighted by molar-refractivity contribution is -0.121. The number of aromatic amines is 1. The number of carbonyl (C=O) groups is 1. The second-order valence-corrected chi connectivity index (χ2v) is 7.19. The molecule has 2 aromatic carbocycles. The Morgan fingerprint density at radius 3 is 2.75 bits per heavy atom. The smallest absolute Gasteiger partial charge is 0.274 e. The third-order valence-electron chi connectivity index (χ3n) is 5.35. The van der Waals surface area contributed by atoms with Crippen LogP contribution in [0.1, 0.15) is 41.3 Å². The Morgan fingerprint density at radius 2 is 1.96 bits per heavy atom. The maximum Gasteiger partial charge on any atom is 0.274 e. The van der Waals surface area contributed by atoms with Gasteiger partial charge in [0.15, 0.2) is 0 Å². The number of benzene rings is 2. The van der Waals surface area contributed by atoms with Crippen LogP contribution >= 0.6 is 0 Å². The summed E-state index contributed by atoms with van der Waals surface area (Å²) in [5, 5.41) is 6.10. The van der Waals surface area contributed by atoms with Crippen molar-refractivity contribution in [2.45, 2.75) is 38.6 Å². The zero-order valence-electron chi connectivity index (χ0n) is 15.7. The maximum absolute atomic E-state index is 13.1. The van der Waals surface area contributed by atoms with Crippen LogP contribution in [-0.2, 0) is 17.6 Å². The molecule has 0 fully saturated rings. The topological polar surface area (TPSA) is 66.9 Å². The lowest BCUT2D eigenvalue weighted by Crippen LogP contribution is -2.28. The van der Waals surface area contributed by atoms with E-state index < -0.39 is 0 Å². The Bertz CT molecular complexity index is 1070. The maximum atomic E-state index is 13.1. The summed E-state index contributed by atoms with van der Waals surface area (Å²) in [4.78, 5) is 25.1. The Morgan fingerprint density at radius 1 is 1.21 bits per heavy atom. The lowest BCUT2D eigenvalue weighted by Gasteiger charge is -2.13. The zero-order valence-corrected chi connectivity index (χ0v) is 15.7. The van der Waals surface area contributed by atoms with Gasteiger partial charge in [0.25, 0.3) is 5.56 Å². The van der Waals surface area contributed by atoms with Gasteiger partial charge in [-0.2, -0.15) is 0 Å². The predicted molar refractivity (Wildman–Crippen MR) is 105 cm³/mol. The minimum Gasteiger partial charge on any atom is -0.349 e. The molecule has 0 unspecified atom stereocenters. The van der Waals surface area contributed by atoms with Crippen LogP contribution in [0, 0.1) is 12.7 Å². The van der Waals surface area contributed by atoms with Crippen molar-refractivity contribution in [2.75, 3.05) is 0 Å². The van der Waals surface area contributed by atoms with Crippen molar-refractivity contribution in [3.8, 4) is 5.69 Å². The Balaban J connectivity index is 1.43. The first kappa shape index (κ1) is 18.2. The molecule has 1 aromatic heterocycles. The number of hydrogen-bond acceptors (Lipinski definition) is 2. The van der Waals surface area contributed by atoms with E-state index >= 15 is 0 Å². The lowest BCUT2D eigenvalue weighted by atomic mass is 10.1. The molecule has 6 heteroatoms. The summed E-state index contributed by atoms with van der Waals surface area (Å²) in [6.07, 6.45) is 2.48. The highest BCUT2D eigenvalue weighted by molar-refractivity contribution is 5.77. The van der Waals surface area contributed by atoms with Gasteiger partial charge in [-0.3, -0.25) is 14.7 Å². The van der Waals surface area contributed by atoms with Gasteiger partial charge in [0.1, 0.15) is 5.82 Å². The van der Waals surface area contributed by atoms with E-state index in [1.165, 1.54) is 27.9 Å². The van der Waals surface area contributed by atoms with Crippen molar-refractivity contribution < 1.29 is 9.18 Å². The average molecular weight is 379 g/mol. The van der Waals surface area contributed by atoms with Gasteiger partial charge in [-0.1, -0.05) is 24.3 Å². The van der Waals surface area contributed by atoms with E-state index in [0.717, 1.165) is 12.8 Å². The molecule has 1 heterocycles. The summed E-state index contributed by atoms with van der Waals surface area (Å²) in [5.41, 5.74) is 4.12. The molecule has 0 saturated heterocycles. The molecule has 1 atom stereocenters. The number of aromatic nitrogens is 2. The van der Waals surface area contributed by atoms with Gasteiger partial charge in [-0.25, -0.2) is 9.07 Å². The summed E-state index contributed by atoms with van der Waals surface area (Å²) in [5.74, 6) is -0.416. The van der Waals surface area contributed by atoms with Crippen molar-refractivity contribution in [3.63, 3.8) is 0 Å². The van der Waals surface area contributed by atoms with Gasteiger partial charge < -0.3 is 5.32 Å². The molecule has 0 radical (unpaired) electrons. The number of rotatable bonds is 5. The second-order valence-electron chi connectivity index (χ2n) is 7.19. The van der Waals surface area contributed by atoms with E-state index in [-0.39, 0.29) is 29.7 Å². The largest absolute Gasteiger partial charge is 0.349 e. The van der Waals surface area contributed by atoms with E-state index in [4.69, 9.17) is 0 Å². The summed E-state index contributed by atoms with van der Waals surface area (Å²) in [6, 6.07) is 13.9. The second kappa shape index (κ2) is 7.46. The molecule has 1 aliphatic carbocycles. The molecule has 4 rings (SSSR count). The van der Waals surface area contributed by atoms with Crippen LogP contribution < -0.4 is 10.9 Å². The number of fused-ring (bicyclic) bond motifs is 1. The fourth-order valence-corrected chi connectivity index (χ4v) is 3.86. The number of carbonyl (C=O) groups excluding carboxylic acids is 1. The molecular weight excluding hydrogens is 357 g/mol. The molecule has 28 heavy (non-hydrogen) atoms. The molecule has 0 saturated carbocycles. The van der Waals surface area contributed by atoms with Gasteiger partial charge >= 0.3 is 0 Å². The first-order valence-corrected chi connectivity index (χ1v) is 9.46. The molecule has 0 aliphatic heterocycles.